The van der Waals surface area contributed by atoms with E-state index in [0.717, 1.165) is 10.4 Å². The number of thiophene rings is 1. The zero-order chi connectivity index (χ0) is 17.9. The van der Waals surface area contributed by atoms with Crippen molar-refractivity contribution < 1.29 is 18.0 Å². The second-order valence-electron chi connectivity index (χ2n) is 5.35. The van der Waals surface area contributed by atoms with Gasteiger partial charge in [0.25, 0.3) is 5.91 Å². The Morgan fingerprint density at radius 2 is 1.92 bits per heavy atom. The molecule has 1 N–H and O–H groups in total. The number of carbonyl (C=O) groups excluding carboxylic acids is 1. The Kier molecular flexibility index (Phi) is 4.89. The summed E-state index contributed by atoms with van der Waals surface area (Å²) in [6, 6.07) is 13.1. The molecule has 0 aliphatic rings. The first-order valence-electron chi connectivity index (χ1n) is 7.42. The lowest BCUT2D eigenvalue weighted by Gasteiger charge is -2.07. The number of nitrogens with one attached hydrogen (secondary N) is 1. The molecule has 3 aromatic rings. The largest absolute Gasteiger partial charge is 0.405 e. The van der Waals surface area contributed by atoms with Gasteiger partial charge in [-0.2, -0.15) is 18.3 Å². The van der Waals surface area contributed by atoms with Crippen molar-refractivity contribution in [2.45, 2.75) is 12.7 Å². The Morgan fingerprint density at radius 3 is 2.56 bits per heavy atom. The fourth-order valence-electron chi connectivity index (χ4n) is 2.31. The maximum atomic E-state index is 12.4. The van der Waals surface area contributed by atoms with E-state index >= 15 is 0 Å². The first-order valence-corrected chi connectivity index (χ1v) is 8.30. The van der Waals surface area contributed by atoms with Crippen LogP contribution in [0.5, 0.6) is 0 Å². The summed E-state index contributed by atoms with van der Waals surface area (Å²) in [6.45, 7) is -0.953. The van der Waals surface area contributed by atoms with Crippen molar-refractivity contribution in [3.8, 4) is 10.6 Å². The molecule has 0 aliphatic heterocycles. The standard InChI is InChI=1S/C17H14F3N3OS/c18-17(19,20)11-21-16(24)13-10-23(9-12-5-2-1-3-6-12)22-15(13)14-7-4-8-25-14/h1-8,10H,9,11H2,(H,21,24). The van der Waals surface area contributed by atoms with Gasteiger partial charge in [-0.15, -0.1) is 11.3 Å². The van der Waals surface area contributed by atoms with Gasteiger partial charge in [0.2, 0.25) is 0 Å². The molecule has 8 heteroatoms. The summed E-state index contributed by atoms with van der Waals surface area (Å²) in [5.41, 5.74) is 1.48. The van der Waals surface area contributed by atoms with Gasteiger partial charge in [0.1, 0.15) is 12.2 Å². The number of rotatable bonds is 5. The lowest BCUT2D eigenvalue weighted by molar-refractivity contribution is -0.123. The number of hydrogen-bond acceptors (Lipinski definition) is 3. The molecule has 1 aromatic carbocycles. The molecule has 0 atom stereocenters. The number of nitrogens with zero attached hydrogens (tertiary/aromatic N) is 2. The highest BCUT2D eigenvalue weighted by Gasteiger charge is 2.29. The maximum absolute atomic E-state index is 12.4. The number of aromatic nitrogens is 2. The van der Waals surface area contributed by atoms with Crippen molar-refractivity contribution in [3.05, 3.63) is 65.2 Å². The van der Waals surface area contributed by atoms with E-state index in [2.05, 4.69) is 5.10 Å². The fraction of sp³-hybridized carbons (Fsp3) is 0.176. The zero-order valence-electron chi connectivity index (χ0n) is 13.0. The molecule has 0 radical (unpaired) electrons. The van der Waals surface area contributed by atoms with E-state index < -0.39 is 18.6 Å². The van der Waals surface area contributed by atoms with Crippen molar-refractivity contribution in [1.82, 2.24) is 15.1 Å². The van der Waals surface area contributed by atoms with Crippen LogP contribution in [0.25, 0.3) is 10.6 Å². The lowest BCUT2D eigenvalue weighted by Crippen LogP contribution is -2.33. The van der Waals surface area contributed by atoms with Crippen molar-refractivity contribution in [2.24, 2.45) is 0 Å². The van der Waals surface area contributed by atoms with E-state index in [1.165, 1.54) is 17.5 Å². The molecule has 130 valence electrons. The van der Waals surface area contributed by atoms with Gasteiger partial charge in [0, 0.05) is 6.20 Å². The van der Waals surface area contributed by atoms with E-state index in [4.69, 9.17) is 0 Å². The van der Waals surface area contributed by atoms with Gasteiger partial charge in [-0.1, -0.05) is 36.4 Å². The van der Waals surface area contributed by atoms with Gasteiger partial charge >= 0.3 is 6.18 Å². The smallest absolute Gasteiger partial charge is 0.343 e. The van der Waals surface area contributed by atoms with E-state index in [0.29, 0.717) is 12.2 Å². The molecule has 2 heterocycles. The molecule has 25 heavy (non-hydrogen) atoms. The average molecular weight is 365 g/mol. The number of halogens is 3. The average Bonchev–Trinajstić information content (AvgIpc) is 3.22. The maximum Gasteiger partial charge on any atom is 0.405 e. The van der Waals surface area contributed by atoms with Crippen LogP contribution in [0.1, 0.15) is 15.9 Å². The van der Waals surface area contributed by atoms with Crippen LogP contribution < -0.4 is 5.32 Å². The second kappa shape index (κ2) is 7.10. The number of benzene rings is 1. The molecule has 0 saturated heterocycles. The van der Waals surface area contributed by atoms with Gasteiger partial charge in [-0.3, -0.25) is 9.48 Å². The minimum Gasteiger partial charge on any atom is -0.343 e. The molecule has 0 saturated carbocycles. The molecule has 0 aliphatic carbocycles. The number of alkyl halides is 3. The topological polar surface area (TPSA) is 46.9 Å². The molecule has 0 unspecified atom stereocenters. The summed E-state index contributed by atoms with van der Waals surface area (Å²) in [4.78, 5) is 12.9. The van der Waals surface area contributed by atoms with Crippen molar-refractivity contribution in [3.63, 3.8) is 0 Å². The molecule has 0 fully saturated rings. The summed E-state index contributed by atoms with van der Waals surface area (Å²) >= 11 is 1.37. The van der Waals surface area contributed by atoms with Gasteiger partial charge in [-0.25, -0.2) is 0 Å². The fourth-order valence-corrected chi connectivity index (χ4v) is 3.03. The van der Waals surface area contributed by atoms with Crippen LogP contribution in [-0.2, 0) is 6.54 Å². The third-order valence-electron chi connectivity index (χ3n) is 3.40. The molecular weight excluding hydrogens is 351 g/mol. The van der Waals surface area contributed by atoms with Crippen LogP contribution in [-0.4, -0.2) is 28.4 Å². The second-order valence-corrected chi connectivity index (χ2v) is 6.30. The number of carbonyl (C=O) groups is 1. The predicted molar refractivity (Wildman–Crippen MR) is 89.5 cm³/mol. The minimum absolute atomic E-state index is 0.127. The Labute approximate surface area is 145 Å². The van der Waals surface area contributed by atoms with E-state index in [1.54, 1.807) is 16.8 Å². The van der Waals surface area contributed by atoms with Crippen molar-refractivity contribution in [1.29, 1.82) is 0 Å². The number of hydrogen-bond donors (Lipinski definition) is 1. The Hall–Kier alpha value is -2.61. The first-order chi connectivity index (χ1) is 11.9. The van der Waals surface area contributed by atoms with Gasteiger partial charge in [0.15, 0.2) is 0 Å². The molecular formula is C17H14F3N3OS. The minimum atomic E-state index is -4.46. The van der Waals surface area contributed by atoms with E-state index in [1.807, 2.05) is 41.0 Å². The zero-order valence-corrected chi connectivity index (χ0v) is 13.8. The normalized spacial score (nSPS) is 11.5. The molecule has 0 bridgehead atoms. The summed E-state index contributed by atoms with van der Waals surface area (Å²) in [7, 11) is 0. The lowest BCUT2D eigenvalue weighted by atomic mass is 10.2. The monoisotopic (exact) mass is 365 g/mol. The first kappa shape index (κ1) is 17.2. The highest BCUT2D eigenvalue weighted by Crippen LogP contribution is 2.27. The summed E-state index contributed by atoms with van der Waals surface area (Å²) < 4.78 is 38.7. The molecule has 2 aromatic heterocycles. The van der Waals surface area contributed by atoms with Crippen LogP contribution >= 0.6 is 11.3 Å². The van der Waals surface area contributed by atoms with Crippen LogP contribution in [0.15, 0.2) is 54.0 Å². The summed E-state index contributed by atoms with van der Waals surface area (Å²) in [6.07, 6.45) is -2.98. The molecule has 3 rings (SSSR count). The highest BCUT2D eigenvalue weighted by molar-refractivity contribution is 7.13. The predicted octanol–water partition coefficient (Wildman–Crippen LogP) is 3.95. The third kappa shape index (κ3) is 4.48. The van der Waals surface area contributed by atoms with Gasteiger partial charge < -0.3 is 5.32 Å². The van der Waals surface area contributed by atoms with Gasteiger partial charge in [0.05, 0.1) is 17.0 Å². The third-order valence-corrected chi connectivity index (χ3v) is 4.27. The van der Waals surface area contributed by atoms with E-state index in [9.17, 15) is 18.0 Å². The number of amides is 1. The Balaban J connectivity index is 1.88. The van der Waals surface area contributed by atoms with Crippen LogP contribution in [0.2, 0.25) is 0 Å². The SMILES string of the molecule is O=C(NCC(F)(F)F)c1cn(Cc2ccccc2)nc1-c1cccs1. The van der Waals surface area contributed by atoms with Crippen LogP contribution in [0, 0.1) is 0 Å². The van der Waals surface area contributed by atoms with E-state index in [-0.39, 0.29) is 5.56 Å². The Morgan fingerprint density at radius 1 is 1.16 bits per heavy atom. The molecule has 1 amide bonds. The summed E-state index contributed by atoms with van der Waals surface area (Å²) in [5.74, 6) is -0.792. The highest BCUT2D eigenvalue weighted by atomic mass is 32.1. The Bertz CT molecular complexity index is 842. The van der Waals surface area contributed by atoms with Gasteiger partial charge in [-0.05, 0) is 17.0 Å². The van der Waals surface area contributed by atoms with Crippen LogP contribution in [0.3, 0.4) is 0 Å². The molecule has 0 spiro atoms. The van der Waals surface area contributed by atoms with Crippen molar-refractivity contribution in [2.75, 3.05) is 6.54 Å². The quantitative estimate of drug-likeness (QED) is 0.744. The van der Waals surface area contributed by atoms with Crippen LogP contribution in [0.4, 0.5) is 13.2 Å². The summed E-state index contributed by atoms with van der Waals surface area (Å²) in [5, 5.41) is 8.13. The molecule has 4 nitrogen and oxygen atoms in total. The van der Waals surface area contributed by atoms with Crippen molar-refractivity contribution >= 4 is 17.2 Å².